The van der Waals surface area contributed by atoms with Crippen LogP contribution in [0.25, 0.3) is 16.5 Å². The molecule has 6 rings (SSSR count). The SMILES string of the molecule is CNC(=O)c1c(C)oc2c(F)c(Oc3ccnn4cc(C(=O)C5C[C@H]6CO[C@@H](C5)C6)c(C)c34)ccc12. The van der Waals surface area contributed by atoms with Crippen molar-refractivity contribution in [2.45, 2.75) is 39.2 Å². The van der Waals surface area contributed by atoms with Gasteiger partial charge >= 0.3 is 0 Å². The summed E-state index contributed by atoms with van der Waals surface area (Å²) in [5.74, 6) is 0.0207. The molecular formula is C27H26FN3O5. The first kappa shape index (κ1) is 22.7. The molecule has 3 atom stereocenters. The van der Waals surface area contributed by atoms with Gasteiger partial charge in [-0.15, -0.1) is 0 Å². The molecule has 0 spiro atoms. The zero-order chi connectivity index (χ0) is 25.1. The normalized spacial score (nSPS) is 21.3. The number of nitrogens with one attached hydrogen (secondary N) is 1. The molecule has 1 saturated heterocycles. The molecule has 1 unspecified atom stereocenters. The first-order chi connectivity index (χ1) is 17.4. The number of hydrogen-bond acceptors (Lipinski definition) is 6. The second-order valence-electron chi connectivity index (χ2n) is 9.71. The smallest absolute Gasteiger partial charge is 0.255 e. The maximum atomic E-state index is 15.4. The first-order valence-electron chi connectivity index (χ1n) is 12.1. The van der Waals surface area contributed by atoms with E-state index in [1.165, 1.54) is 13.1 Å². The molecule has 36 heavy (non-hydrogen) atoms. The molecule has 1 saturated carbocycles. The Morgan fingerprint density at radius 2 is 2.00 bits per heavy atom. The molecule has 2 aliphatic rings. The predicted octanol–water partition coefficient (Wildman–Crippen LogP) is 4.99. The van der Waals surface area contributed by atoms with E-state index in [1.54, 1.807) is 36.0 Å². The van der Waals surface area contributed by atoms with E-state index in [-0.39, 0.29) is 40.6 Å². The van der Waals surface area contributed by atoms with Crippen molar-refractivity contribution in [3.63, 3.8) is 0 Å². The van der Waals surface area contributed by atoms with Crippen molar-refractivity contribution in [3.05, 3.63) is 58.9 Å². The summed E-state index contributed by atoms with van der Waals surface area (Å²) in [6.45, 7) is 4.21. The van der Waals surface area contributed by atoms with Gasteiger partial charge in [-0.05, 0) is 56.7 Å². The minimum atomic E-state index is -0.709. The largest absolute Gasteiger partial charge is 0.457 e. The Morgan fingerprint density at radius 1 is 1.17 bits per heavy atom. The van der Waals surface area contributed by atoms with Crippen LogP contribution in [0, 0.1) is 31.5 Å². The Labute approximate surface area is 206 Å². The minimum Gasteiger partial charge on any atom is -0.457 e. The van der Waals surface area contributed by atoms with Crippen molar-refractivity contribution in [3.8, 4) is 11.5 Å². The van der Waals surface area contributed by atoms with Gasteiger partial charge in [0.2, 0.25) is 5.82 Å². The summed E-state index contributed by atoms with van der Waals surface area (Å²) in [5, 5.41) is 7.27. The van der Waals surface area contributed by atoms with E-state index in [4.69, 9.17) is 13.9 Å². The van der Waals surface area contributed by atoms with E-state index in [0.717, 1.165) is 31.4 Å². The highest BCUT2D eigenvalue weighted by Crippen LogP contribution is 2.40. The summed E-state index contributed by atoms with van der Waals surface area (Å²) in [7, 11) is 1.51. The molecule has 4 aromatic rings. The van der Waals surface area contributed by atoms with Crippen LogP contribution in [0.4, 0.5) is 4.39 Å². The number of benzene rings is 1. The molecule has 2 bridgehead atoms. The van der Waals surface area contributed by atoms with Crippen molar-refractivity contribution in [2.24, 2.45) is 11.8 Å². The number of carbonyl (C=O) groups is 2. The van der Waals surface area contributed by atoms with Crippen molar-refractivity contribution in [1.82, 2.24) is 14.9 Å². The lowest BCUT2D eigenvalue weighted by molar-refractivity contribution is 0.0758. The van der Waals surface area contributed by atoms with Crippen LogP contribution in [0.3, 0.4) is 0 Å². The lowest BCUT2D eigenvalue weighted by Crippen LogP contribution is -2.26. The Balaban J connectivity index is 1.36. The van der Waals surface area contributed by atoms with Gasteiger partial charge in [-0.1, -0.05) is 0 Å². The van der Waals surface area contributed by atoms with Crippen molar-refractivity contribution in [2.75, 3.05) is 13.7 Å². The minimum absolute atomic E-state index is 0.0502. The number of nitrogens with zero attached hydrogens (tertiary/aromatic N) is 2. The number of hydrogen-bond donors (Lipinski definition) is 1. The van der Waals surface area contributed by atoms with Gasteiger partial charge in [0.05, 0.1) is 17.9 Å². The highest BCUT2D eigenvalue weighted by Gasteiger charge is 2.39. The molecule has 2 fully saturated rings. The average molecular weight is 492 g/mol. The number of rotatable bonds is 5. The average Bonchev–Trinajstić information content (AvgIpc) is 3.52. The van der Waals surface area contributed by atoms with Crippen LogP contribution in [-0.4, -0.2) is 41.1 Å². The molecule has 4 heterocycles. The number of aromatic nitrogens is 2. The Morgan fingerprint density at radius 3 is 2.78 bits per heavy atom. The number of fused-ring (bicyclic) bond motifs is 4. The van der Waals surface area contributed by atoms with Gasteiger partial charge in [0, 0.05) is 42.8 Å². The molecule has 3 aromatic heterocycles. The van der Waals surface area contributed by atoms with Crippen molar-refractivity contribution < 1.29 is 27.9 Å². The number of aryl methyl sites for hydroxylation is 2. The number of furan rings is 1. The molecule has 1 aliphatic heterocycles. The number of amides is 1. The second-order valence-corrected chi connectivity index (χ2v) is 9.71. The zero-order valence-electron chi connectivity index (χ0n) is 20.3. The number of Topliss-reactive ketones (excluding diaryl/α,β-unsaturated/α-hetero) is 1. The monoisotopic (exact) mass is 491 g/mol. The third-order valence-corrected chi connectivity index (χ3v) is 7.47. The standard InChI is InChI=1S/C27H26FN3O5/c1-13-19(25(32)16-8-15-9-17(10-16)34-12-15)11-31-24(13)21(6-7-30-31)36-20-5-4-18-22(27(33)29-3)14(2)35-26(18)23(20)28/h4-7,11,15-17H,8-10,12H2,1-3H3,(H,29,33)/t15-,16?,17-/m1/s1. The molecule has 0 radical (unpaired) electrons. The lowest BCUT2D eigenvalue weighted by atomic mass is 9.78. The Hall–Kier alpha value is -3.72. The van der Waals surface area contributed by atoms with Crippen molar-refractivity contribution >= 4 is 28.2 Å². The molecule has 1 amide bonds. The van der Waals surface area contributed by atoms with Gasteiger partial charge in [0.15, 0.2) is 22.9 Å². The van der Waals surface area contributed by atoms with E-state index >= 15 is 4.39 Å². The van der Waals surface area contributed by atoms with Gasteiger partial charge in [-0.2, -0.15) is 9.49 Å². The predicted molar refractivity (Wildman–Crippen MR) is 129 cm³/mol. The Bertz CT molecular complexity index is 1530. The van der Waals surface area contributed by atoms with E-state index in [0.29, 0.717) is 33.9 Å². The maximum absolute atomic E-state index is 15.4. The highest BCUT2D eigenvalue weighted by atomic mass is 19.1. The van der Waals surface area contributed by atoms with Gasteiger partial charge in [-0.3, -0.25) is 9.59 Å². The van der Waals surface area contributed by atoms with Crippen LogP contribution in [0.15, 0.2) is 35.0 Å². The van der Waals surface area contributed by atoms with E-state index in [2.05, 4.69) is 10.4 Å². The molecule has 1 N–H and O–H groups in total. The fraction of sp³-hybridized carbons (Fsp3) is 0.370. The fourth-order valence-corrected chi connectivity index (χ4v) is 5.75. The molecule has 8 nitrogen and oxygen atoms in total. The summed E-state index contributed by atoms with van der Waals surface area (Å²) >= 11 is 0. The van der Waals surface area contributed by atoms with Crippen LogP contribution in [-0.2, 0) is 4.74 Å². The summed E-state index contributed by atoms with van der Waals surface area (Å²) < 4.78 is 34.4. The summed E-state index contributed by atoms with van der Waals surface area (Å²) in [6, 6.07) is 4.71. The number of ether oxygens (including phenoxy) is 2. The van der Waals surface area contributed by atoms with Crippen LogP contribution < -0.4 is 10.1 Å². The molecule has 1 aliphatic carbocycles. The van der Waals surface area contributed by atoms with Crippen molar-refractivity contribution in [1.29, 1.82) is 0 Å². The fourth-order valence-electron chi connectivity index (χ4n) is 5.75. The van der Waals surface area contributed by atoms with Crippen LogP contribution in [0.1, 0.15) is 51.3 Å². The molecule has 186 valence electrons. The summed E-state index contributed by atoms with van der Waals surface area (Å²) in [4.78, 5) is 25.7. The summed E-state index contributed by atoms with van der Waals surface area (Å²) in [6.07, 6.45) is 6.05. The molecule has 9 heteroatoms. The van der Waals surface area contributed by atoms with E-state index < -0.39 is 5.82 Å². The van der Waals surface area contributed by atoms with Gasteiger partial charge in [0.25, 0.3) is 5.91 Å². The first-order valence-corrected chi connectivity index (χ1v) is 12.1. The zero-order valence-corrected chi connectivity index (χ0v) is 20.3. The Kier molecular flexibility index (Phi) is 5.33. The van der Waals surface area contributed by atoms with E-state index in [9.17, 15) is 9.59 Å². The molecular weight excluding hydrogens is 465 g/mol. The maximum Gasteiger partial charge on any atom is 0.255 e. The van der Waals surface area contributed by atoms with E-state index in [1.807, 2.05) is 6.92 Å². The van der Waals surface area contributed by atoms with Crippen LogP contribution in [0.5, 0.6) is 11.5 Å². The van der Waals surface area contributed by atoms with Gasteiger partial charge in [0.1, 0.15) is 11.3 Å². The topological polar surface area (TPSA) is 95.1 Å². The molecule has 1 aromatic carbocycles. The second kappa shape index (κ2) is 8.44. The third-order valence-electron chi connectivity index (χ3n) is 7.47. The third kappa shape index (κ3) is 3.49. The number of carbonyl (C=O) groups excluding carboxylic acids is 2. The van der Waals surface area contributed by atoms with Gasteiger partial charge in [-0.25, -0.2) is 4.52 Å². The van der Waals surface area contributed by atoms with Crippen LogP contribution in [0.2, 0.25) is 0 Å². The number of ketones is 1. The quantitative estimate of drug-likeness (QED) is 0.396. The van der Waals surface area contributed by atoms with Gasteiger partial charge < -0.3 is 19.2 Å². The summed E-state index contributed by atoms with van der Waals surface area (Å²) in [5.41, 5.74) is 2.16. The number of halogens is 1. The lowest BCUT2D eigenvalue weighted by Gasteiger charge is -2.24. The highest BCUT2D eigenvalue weighted by molar-refractivity contribution is 6.07. The van der Waals surface area contributed by atoms with Crippen LogP contribution >= 0.6 is 0 Å².